The third kappa shape index (κ3) is 4.47. The minimum Gasteiger partial charge on any atom is -0.468 e. The Hall–Kier alpha value is -1.14. The number of esters is 1. The van der Waals surface area contributed by atoms with E-state index in [0.29, 0.717) is 26.2 Å². The van der Waals surface area contributed by atoms with Crippen molar-refractivity contribution in [3.63, 3.8) is 0 Å². The van der Waals surface area contributed by atoms with Crippen LogP contribution in [0.25, 0.3) is 0 Å². The molecular weight excluding hydrogens is 246 g/mol. The highest BCUT2D eigenvalue weighted by Crippen LogP contribution is 2.10. The SMILES string of the molecule is CCC(C)C(N)C(=O)N1CCN(CC(=O)OC)CC1. The van der Waals surface area contributed by atoms with Gasteiger partial charge in [0.05, 0.1) is 19.7 Å². The number of carbonyl (C=O) groups excluding carboxylic acids is 2. The van der Waals surface area contributed by atoms with E-state index < -0.39 is 6.04 Å². The van der Waals surface area contributed by atoms with Crippen LogP contribution in [0.5, 0.6) is 0 Å². The second-order valence-electron chi connectivity index (χ2n) is 5.09. The summed E-state index contributed by atoms with van der Waals surface area (Å²) in [6.07, 6.45) is 0.898. The maximum absolute atomic E-state index is 12.2. The molecule has 0 bridgehead atoms. The summed E-state index contributed by atoms with van der Waals surface area (Å²) in [6, 6.07) is -0.419. The first-order chi connectivity index (χ1) is 8.99. The number of nitrogens with two attached hydrogens (primary N) is 1. The normalized spacial score (nSPS) is 19.9. The highest BCUT2D eigenvalue weighted by molar-refractivity contribution is 5.82. The molecule has 1 aliphatic heterocycles. The predicted molar refractivity (Wildman–Crippen MR) is 72.5 cm³/mol. The Kier molecular flexibility index (Phi) is 6.24. The summed E-state index contributed by atoms with van der Waals surface area (Å²) in [5.41, 5.74) is 5.96. The van der Waals surface area contributed by atoms with Crippen LogP contribution < -0.4 is 5.73 Å². The number of piperazine rings is 1. The lowest BCUT2D eigenvalue weighted by Gasteiger charge is -2.36. The number of carbonyl (C=O) groups is 2. The molecule has 2 atom stereocenters. The van der Waals surface area contributed by atoms with Gasteiger partial charge in [-0.15, -0.1) is 0 Å². The van der Waals surface area contributed by atoms with E-state index in [4.69, 9.17) is 5.73 Å². The zero-order chi connectivity index (χ0) is 14.4. The van der Waals surface area contributed by atoms with Gasteiger partial charge in [0.15, 0.2) is 0 Å². The molecule has 0 aromatic carbocycles. The van der Waals surface area contributed by atoms with Crippen LogP contribution in [0.1, 0.15) is 20.3 Å². The van der Waals surface area contributed by atoms with E-state index in [1.165, 1.54) is 7.11 Å². The second-order valence-corrected chi connectivity index (χ2v) is 5.09. The highest BCUT2D eigenvalue weighted by atomic mass is 16.5. The van der Waals surface area contributed by atoms with Gasteiger partial charge in [0.2, 0.25) is 5.91 Å². The summed E-state index contributed by atoms with van der Waals surface area (Å²) in [6.45, 7) is 6.94. The summed E-state index contributed by atoms with van der Waals surface area (Å²) in [4.78, 5) is 27.1. The van der Waals surface area contributed by atoms with Crippen LogP contribution in [-0.4, -0.2) is 67.6 Å². The molecule has 0 aromatic heterocycles. The van der Waals surface area contributed by atoms with Crippen molar-refractivity contribution in [2.24, 2.45) is 11.7 Å². The standard InChI is InChI=1S/C13H25N3O3/c1-4-10(2)12(14)13(18)16-7-5-15(6-8-16)9-11(17)19-3/h10,12H,4-9,14H2,1-3H3. The van der Waals surface area contributed by atoms with E-state index in [0.717, 1.165) is 6.42 Å². The highest BCUT2D eigenvalue weighted by Gasteiger charge is 2.28. The molecule has 0 aromatic rings. The Labute approximate surface area is 114 Å². The third-order valence-corrected chi connectivity index (χ3v) is 3.81. The van der Waals surface area contributed by atoms with Crippen molar-refractivity contribution in [2.75, 3.05) is 39.8 Å². The second kappa shape index (κ2) is 7.45. The zero-order valence-corrected chi connectivity index (χ0v) is 12.1. The Balaban J connectivity index is 2.41. The van der Waals surface area contributed by atoms with E-state index in [-0.39, 0.29) is 24.3 Å². The van der Waals surface area contributed by atoms with Crippen molar-refractivity contribution in [3.8, 4) is 0 Å². The van der Waals surface area contributed by atoms with Gasteiger partial charge >= 0.3 is 5.97 Å². The number of rotatable bonds is 5. The van der Waals surface area contributed by atoms with Crippen LogP contribution in [-0.2, 0) is 14.3 Å². The Morgan fingerprint density at radius 3 is 2.32 bits per heavy atom. The van der Waals surface area contributed by atoms with Gasteiger partial charge < -0.3 is 15.4 Å². The number of amides is 1. The summed E-state index contributed by atoms with van der Waals surface area (Å²) < 4.78 is 4.63. The summed E-state index contributed by atoms with van der Waals surface area (Å²) in [7, 11) is 1.38. The van der Waals surface area contributed by atoms with E-state index >= 15 is 0 Å². The molecule has 2 N–H and O–H groups in total. The fraction of sp³-hybridized carbons (Fsp3) is 0.846. The molecule has 6 heteroatoms. The molecule has 1 rings (SSSR count). The molecule has 2 unspecified atom stereocenters. The molecule has 0 aliphatic carbocycles. The van der Waals surface area contributed by atoms with Crippen molar-refractivity contribution >= 4 is 11.9 Å². The van der Waals surface area contributed by atoms with Crippen molar-refractivity contribution < 1.29 is 14.3 Å². The molecular formula is C13H25N3O3. The van der Waals surface area contributed by atoms with E-state index in [9.17, 15) is 9.59 Å². The molecule has 1 amide bonds. The molecule has 1 fully saturated rings. The van der Waals surface area contributed by atoms with E-state index in [1.54, 1.807) is 4.90 Å². The van der Waals surface area contributed by atoms with E-state index in [2.05, 4.69) is 4.74 Å². The number of methoxy groups -OCH3 is 1. The minimum atomic E-state index is -0.419. The van der Waals surface area contributed by atoms with Crippen LogP contribution in [0.3, 0.4) is 0 Å². The molecule has 1 aliphatic rings. The zero-order valence-electron chi connectivity index (χ0n) is 12.1. The Bertz CT molecular complexity index is 314. The van der Waals surface area contributed by atoms with Crippen LogP contribution in [0.2, 0.25) is 0 Å². The predicted octanol–water partition coefficient (Wildman–Crippen LogP) is -0.323. The van der Waals surface area contributed by atoms with Crippen LogP contribution in [0.15, 0.2) is 0 Å². The molecule has 1 saturated heterocycles. The monoisotopic (exact) mass is 271 g/mol. The Morgan fingerprint density at radius 2 is 1.84 bits per heavy atom. The smallest absolute Gasteiger partial charge is 0.319 e. The van der Waals surface area contributed by atoms with E-state index in [1.807, 2.05) is 18.7 Å². The topological polar surface area (TPSA) is 75.9 Å². The first-order valence-electron chi connectivity index (χ1n) is 6.83. The van der Waals surface area contributed by atoms with Crippen molar-refractivity contribution in [1.82, 2.24) is 9.80 Å². The fourth-order valence-corrected chi connectivity index (χ4v) is 2.08. The van der Waals surface area contributed by atoms with Gasteiger partial charge in [-0.05, 0) is 5.92 Å². The number of hydrogen-bond acceptors (Lipinski definition) is 5. The maximum Gasteiger partial charge on any atom is 0.319 e. The Morgan fingerprint density at radius 1 is 1.26 bits per heavy atom. The van der Waals surface area contributed by atoms with Crippen molar-refractivity contribution in [3.05, 3.63) is 0 Å². The molecule has 0 spiro atoms. The number of hydrogen-bond donors (Lipinski definition) is 1. The van der Waals surface area contributed by atoms with Gasteiger partial charge in [-0.2, -0.15) is 0 Å². The quantitative estimate of drug-likeness (QED) is 0.693. The van der Waals surface area contributed by atoms with Crippen LogP contribution in [0, 0.1) is 5.92 Å². The molecule has 110 valence electrons. The first kappa shape index (κ1) is 15.9. The van der Waals surface area contributed by atoms with Gasteiger partial charge in [-0.1, -0.05) is 20.3 Å². The summed E-state index contributed by atoms with van der Waals surface area (Å²) >= 11 is 0. The third-order valence-electron chi connectivity index (χ3n) is 3.81. The number of ether oxygens (including phenoxy) is 1. The summed E-state index contributed by atoms with van der Waals surface area (Å²) in [5, 5.41) is 0. The van der Waals surface area contributed by atoms with Gasteiger partial charge in [0, 0.05) is 26.2 Å². The average Bonchev–Trinajstić information content (AvgIpc) is 2.45. The lowest BCUT2D eigenvalue weighted by Crippen LogP contribution is -2.55. The molecule has 0 saturated carbocycles. The minimum absolute atomic E-state index is 0.0204. The molecule has 6 nitrogen and oxygen atoms in total. The molecule has 19 heavy (non-hydrogen) atoms. The van der Waals surface area contributed by atoms with Gasteiger partial charge in [0.25, 0.3) is 0 Å². The van der Waals surface area contributed by atoms with Crippen molar-refractivity contribution in [1.29, 1.82) is 0 Å². The largest absolute Gasteiger partial charge is 0.468 e. The molecule has 0 radical (unpaired) electrons. The van der Waals surface area contributed by atoms with Gasteiger partial charge in [0.1, 0.15) is 0 Å². The fourth-order valence-electron chi connectivity index (χ4n) is 2.08. The lowest BCUT2D eigenvalue weighted by molar-refractivity contribution is -0.143. The van der Waals surface area contributed by atoms with Crippen LogP contribution >= 0.6 is 0 Å². The molecule has 1 heterocycles. The average molecular weight is 271 g/mol. The van der Waals surface area contributed by atoms with Crippen LogP contribution in [0.4, 0.5) is 0 Å². The number of nitrogens with zero attached hydrogens (tertiary/aromatic N) is 2. The maximum atomic E-state index is 12.2. The first-order valence-corrected chi connectivity index (χ1v) is 6.83. The summed E-state index contributed by atoms with van der Waals surface area (Å²) in [5.74, 6) is -0.0243. The van der Waals surface area contributed by atoms with Gasteiger partial charge in [-0.3, -0.25) is 14.5 Å². The van der Waals surface area contributed by atoms with Gasteiger partial charge in [-0.25, -0.2) is 0 Å². The lowest BCUT2D eigenvalue weighted by atomic mass is 9.98. The van der Waals surface area contributed by atoms with Crippen molar-refractivity contribution in [2.45, 2.75) is 26.3 Å².